The van der Waals surface area contributed by atoms with Crippen LogP contribution in [-0.4, -0.2) is 103 Å². The van der Waals surface area contributed by atoms with Crippen molar-refractivity contribution >= 4 is 47.1 Å². The van der Waals surface area contributed by atoms with Crippen LogP contribution in [0.15, 0.2) is 102 Å². The molecule has 4 aromatic rings. The average molecular weight is 1100 g/mol. The number of likely N-dealkylation sites (N-methyl/N-ethyl adjacent to an activating group) is 1. The number of rotatable bonds is 21. The van der Waals surface area contributed by atoms with Crippen molar-refractivity contribution < 1.29 is 52.5 Å². The van der Waals surface area contributed by atoms with E-state index in [0.29, 0.717) is 58.9 Å². The first-order valence-corrected chi connectivity index (χ1v) is 28.1. The summed E-state index contributed by atoms with van der Waals surface area (Å²) in [6.07, 6.45) is 5.70. The number of aryl methyl sites for hydroxylation is 1. The van der Waals surface area contributed by atoms with Gasteiger partial charge < -0.3 is 39.8 Å². The van der Waals surface area contributed by atoms with Gasteiger partial charge in [0.25, 0.3) is 0 Å². The summed E-state index contributed by atoms with van der Waals surface area (Å²) >= 11 is 0. The Balaban J connectivity index is 1.40. The van der Waals surface area contributed by atoms with Gasteiger partial charge in [-0.3, -0.25) is 29.0 Å². The highest BCUT2D eigenvalue weighted by Gasteiger charge is 2.36. The second kappa shape index (κ2) is 28.5. The number of ketones is 3. The van der Waals surface area contributed by atoms with Crippen LogP contribution in [0.1, 0.15) is 147 Å². The molecule has 3 N–H and O–H groups in total. The minimum absolute atomic E-state index is 0.0147. The van der Waals surface area contributed by atoms with Crippen molar-refractivity contribution in [1.82, 2.24) is 20.9 Å². The lowest BCUT2D eigenvalue weighted by atomic mass is 9.87. The van der Waals surface area contributed by atoms with E-state index in [2.05, 4.69) is 52.1 Å². The third-order valence-electron chi connectivity index (χ3n) is 13.6. The number of nitrogens with one attached hydrogen (secondary N) is 3. The van der Waals surface area contributed by atoms with Crippen LogP contribution < -0.4 is 25.4 Å². The molecule has 0 aliphatic carbocycles. The van der Waals surface area contributed by atoms with Crippen LogP contribution in [0, 0.1) is 11.8 Å². The summed E-state index contributed by atoms with van der Waals surface area (Å²) in [4.78, 5) is 103. The molecule has 0 radical (unpaired) electrons. The molecule has 0 spiro atoms. The number of allylic oxidation sites excluding steroid dienone is 1. The number of ether oxygens (including phenoxy) is 4. The van der Waals surface area contributed by atoms with Gasteiger partial charge in [-0.25, -0.2) is 9.59 Å². The normalized spacial score (nSPS) is 17.0. The van der Waals surface area contributed by atoms with E-state index in [1.807, 2.05) is 31.2 Å². The van der Waals surface area contributed by atoms with Crippen molar-refractivity contribution in [2.75, 3.05) is 33.4 Å². The third-order valence-corrected chi connectivity index (χ3v) is 13.6. The lowest BCUT2D eigenvalue weighted by molar-refractivity contribution is -0.142. The van der Waals surface area contributed by atoms with Crippen LogP contribution in [0.3, 0.4) is 0 Å². The maximum atomic E-state index is 15.3. The second-order valence-electron chi connectivity index (χ2n) is 22.8. The van der Waals surface area contributed by atoms with E-state index in [1.165, 1.54) is 29.8 Å². The summed E-state index contributed by atoms with van der Waals surface area (Å²) in [7, 11) is 1.54. The van der Waals surface area contributed by atoms with Crippen molar-refractivity contribution in [2.24, 2.45) is 16.8 Å². The fourth-order valence-corrected chi connectivity index (χ4v) is 9.60. The van der Waals surface area contributed by atoms with Gasteiger partial charge in [-0.2, -0.15) is 0 Å². The molecular formula is C64H81N5O11. The number of amides is 4. The van der Waals surface area contributed by atoms with Gasteiger partial charge in [0, 0.05) is 66.9 Å². The predicted octanol–water partition coefficient (Wildman–Crippen LogP) is 11.3. The molecule has 16 nitrogen and oxygen atoms in total. The van der Waals surface area contributed by atoms with Gasteiger partial charge in [-0.15, -0.1) is 0 Å². The van der Waals surface area contributed by atoms with E-state index in [1.54, 1.807) is 84.9 Å². The Hall–Kier alpha value is -7.62. The molecule has 428 valence electrons. The molecule has 6 rings (SSSR count). The van der Waals surface area contributed by atoms with Gasteiger partial charge in [0.15, 0.2) is 17.3 Å². The lowest BCUT2D eigenvalue weighted by Crippen LogP contribution is -2.46. The molecule has 80 heavy (non-hydrogen) atoms. The highest BCUT2D eigenvalue weighted by molar-refractivity contribution is 6.11. The van der Waals surface area contributed by atoms with Crippen LogP contribution in [0.25, 0.3) is 22.3 Å². The molecule has 0 saturated heterocycles. The summed E-state index contributed by atoms with van der Waals surface area (Å²) in [5, 5.41) is 8.58. The zero-order valence-electron chi connectivity index (χ0n) is 48.3. The van der Waals surface area contributed by atoms with Gasteiger partial charge in [0.05, 0.1) is 25.6 Å². The number of alkyl carbamates (subject to hydrolysis) is 2. The molecule has 4 bridgehead atoms. The maximum Gasteiger partial charge on any atom is 0.407 e. The second-order valence-corrected chi connectivity index (χ2v) is 22.8. The standard InChI is InChI=1S/C64H81N5O11/c1-11-13-15-42-17-20-44(21-18-42)45-22-24-46(25-23-45)54(71)39-48(16-14-30-66-61(75)79-63(4,5)6)60(74)69(10)58-47-26-28-57(77-33-12-2)51(38-47)50-36-43(19-27-56(50)78-34-32-67-62(76)80-64(7,8)9)37-53(52-40-49(70)29-31-65-52)68-59(73)41(3)35-55(58)72/h17-29,31,36,38,41,48,53,58H,11-16,30,32-35,37,39-40H2,1-10H3,(H,66,75)(H,67,76)(H,68,73)/t41-,48-,53+,58+/m1/s1. The molecule has 4 amide bonds. The summed E-state index contributed by atoms with van der Waals surface area (Å²) in [5.74, 6) is -2.78. The highest BCUT2D eigenvalue weighted by atomic mass is 16.6. The first-order chi connectivity index (χ1) is 38.0. The highest BCUT2D eigenvalue weighted by Crippen LogP contribution is 2.41. The predicted molar refractivity (Wildman–Crippen MR) is 310 cm³/mol. The topological polar surface area (TPSA) is 208 Å². The number of carbonyl (C=O) groups excluding carboxylic acids is 7. The average Bonchev–Trinajstić information content (AvgIpc) is 3.45. The third kappa shape index (κ3) is 18.2. The van der Waals surface area contributed by atoms with Crippen molar-refractivity contribution in [3.8, 4) is 33.8 Å². The smallest absolute Gasteiger partial charge is 0.407 e. The zero-order valence-corrected chi connectivity index (χ0v) is 48.3. The zero-order chi connectivity index (χ0) is 58.1. The van der Waals surface area contributed by atoms with E-state index in [9.17, 15) is 24.0 Å². The van der Waals surface area contributed by atoms with Crippen LogP contribution >= 0.6 is 0 Å². The molecular weight excluding hydrogens is 1010 g/mol. The van der Waals surface area contributed by atoms with E-state index in [0.717, 1.165) is 36.0 Å². The quantitative estimate of drug-likeness (QED) is 0.0528. The Morgan fingerprint density at radius 2 is 1.35 bits per heavy atom. The SMILES string of the molecule is CCCCc1ccc(-c2ccc(C(=O)C[C@@H](CCCNC(=O)OC(C)(C)C)C(=O)N(C)[C@@H]3C(=O)C[C@@H](C)C(=O)N[C@H](C4=NC=CC(=O)C4)Cc4ccc(OCCNC(=O)OC(C)(C)C)c(c4)-c4cc3ccc4OCCC)cc2)cc1. The van der Waals surface area contributed by atoms with Crippen molar-refractivity contribution in [2.45, 2.75) is 150 Å². The first kappa shape index (κ1) is 61.6. The summed E-state index contributed by atoms with van der Waals surface area (Å²) in [6.45, 7) is 17.0. The van der Waals surface area contributed by atoms with Crippen LogP contribution in [-0.2, 0) is 41.5 Å². The van der Waals surface area contributed by atoms with Crippen LogP contribution in [0.4, 0.5) is 9.59 Å². The Bertz CT molecular complexity index is 2900. The monoisotopic (exact) mass is 1100 g/mol. The van der Waals surface area contributed by atoms with E-state index >= 15 is 9.59 Å². The summed E-state index contributed by atoms with van der Waals surface area (Å²) < 4.78 is 23.7. The molecule has 2 aliphatic rings. The van der Waals surface area contributed by atoms with Crippen molar-refractivity contribution in [3.63, 3.8) is 0 Å². The molecule has 0 aromatic heterocycles. The van der Waals surface area contributed by atoms with Crippen molar-refractivity contribution in [3.05, 3.63) is 119 Å². The molecule has 0 saturated carbocycles. The van der Waals surface area contributed by atoms with Gasteiger partial charge in [-0.1, -0.05) is 87.9 Å². The molecule has 0 fully saturated rings. The number of fused-ring (bicyclic) bond motifs is 5. The van der Waals surface area contributed by atoms with Crippen LogP contribution in [0.2, 0.25) is 0 Å². The van der Waals surface area contributed by atoms with Gasteiger partial charge in [0.1, 0.15) is 35.3 Å². The van der Waals surface area contributed by atoms with E-state index in [4.69, 9.17) is 18.9 Å². The van der Waals surface area contributed by atoms with Gasteiger partial charge in [-0.05, 0) is 138 Å². The Morgan fingerprint density at radius 1 is 0.738 bits per heavy atom. The number of hydrogen-bond acceptors (Lipinski definition) is 12. The molecule has 4 atom stereocenters. The minimum atomic E-state index is -1.27. The minimum Gasteiger partial charge on any atom is -0.493 e. The number of unbranched alkanes of at least 4 members (excludes halogenated alkanes) is 1. The Kier molecular flexibility index (Phi) is 21.9. The number of carbonyl (C=O) groups is 7. The number of Topliss-reactive ketones (excluding diaryl/α,β-unsaturated/α-hetero) is 2. The fraction of sp³-hybridized carbons (Fsp3) is 0.469. The molecule has 4 aromatic carbocycles. The largest absolute Gasteiger partial charge is 0.493 e. The van der Waals surface area contributed by atoms with Crippen LogP contribution in [0.5, 0.6) is 11.5 Å². The Labute approximate surface area is 471 Å². The van der Waals surface area contributed by atoms with E-state index < -0.39 is 64.9 Å². The van der Waals surface area contributed by atoms with E-state index in [-0.39, 0.29) is 63.4 Å². The molecule has 0 unspecified atom stereocenters. The molecule has 2 heterocycles. The first-order valence-electron chi connectivity index (χ1n) is 28.1. The van der Waals surface area contributed by atoms with Gasteiger partial charge >= 0.3 is 12.2 Å². The number of nitrogens with zero attached hydrogens (tertiary/aromatic N) is 2. The number of benzene rings is 4. The summed E-state index contributed by atoms with van der Waals surface area (Å²) in [5.41, 5.74) is 4.92. The van der Waals surface area contributed by atoms with Gasteiger partial charge in [0.2, 0.25) is 11.8 Å². The number of hydrogen-bond donors (Lipinski definition) is 3. The summed E-state index contributed by atoms with van der Waals surface area (Å²) in [6, 6.07) is 24.6. The number of aliphatic imine (C=N–C) groups is 1. The molecule has 2 aliphatic heterocycles. The maximum absolute atomic E-state index is 15.3. The Morgan fingerprint density at radius 3 is 1.98 bits per heavy atom. The fourth-order valence-electron chi connectivity index (χ4n) is 9.60. The van der Waals surface area contributed by atoms with Crippen molar-refractivity contribution in [1.29, 1.82) is 0 Å². The molecule has 16 heteroatoms. The lowest BCUT2D eigenvalue weighted by Gasteiger charge is -2.32.